The zero-order chi connectivity index (χ0) is 7.94. The molecule has 11 heavy (non-hydrogen) atoms. The molecule has 0 saturated carbocycles. The summed E-state index contributed by atoms with van der Waals surface area (Å²) in [5, 5.41) is 8.20. The largest absolute Gasteiger partial charge is 0.485 e. The van der Waals surface area contributed by atoms with Crippen molar-refractivity contribution in [3.05, 3.63) is 35.9 Å². The highest BCUT2D eigenvalue weighted by atomic mass is 16.5. The molecule has 0 unspecified atom stereocenters. The minimum absolute atomic E-state index is 0.528. The first-order valence-corrected chi connectivity index (χ1v) is 3.55. The Kier molecular flexibility index (Phi) is 3.73. The molecule has 2 nitrogen and oxygen atoms in total. The van der Waals surface area contributed by atoms with Crippen molar-refractivity contribution in [2.45, 2.75) is 6.42 Å². The third kappa shape index (κ3) is 3.21. The molecule has 0 aromatic heterocycles. The van der Waals surface area contributed by atoms with Gasteiger partial charge in [0.1, 0.15) is 0 Å². The van der Waals surface area contributed by atoms with Crippen LogP contribution in [0.1, 0.15) is 5.56 Å². The number of hydrogen-bond acceptors (Lipinski definition) is 2. The van der Waals surface area contributed by atoms with Crippen LogP contribution < -0.4 is 0 Å². The van der Waals surface area contributed by atoms with Gasteiger partial charge in [0.25, 0.3) is 0 Å². The second kappa shape index (κ2) is 4.94. The van der Waals surface area contributed by atoms with Crippen molar-refractivity contribution < 1.29 is 9.68 Å². The second-order valence-corrected chi connectivity index (χ2v) is 2.21. The molecule has 0 saturated heterocycles. The minimum atomic E-state index is 0.528. The Balaban J connectivity index is 2.28. The maximum Gasteiger partial charge on any atom is 0.485 e. The smallest absolute Gasteiger partial charge is 0.429 e. The third-order valence-electron chi connectivity index (χ3n) is 1.43. The van der Waals surface area contributed by atoms with Crippen LogP contribution in [-0.4, -0.2) is 19.3 Å². The summed E-state index contributed by atoms with van der Waals surface area (Å²) in [4.78, 5) is 0. The fourth-order valence-corrected chi connectivity index (χ4v) is 0.874. The van der Waals surface area contributed by atoms with Crippen molar-refractivity contribution in [2.75, 3.05) is 6.61 Å². The van der Waals surface area contributed by atoms with E-state index >= 15 is 0 Å². The zero-order valence-electron chi connectivity index (χ0n) is 6.23. The average molecular weight is 149 g/mol. The molecule has 1 radical (unpaired) electrons. The van der Waals surface area contributed by atoms with Crippen LogP contribution in [-0.2, 0) is 11.1 Å². The van der Waals surface area contributed by atoms with E-state index in [2.05, 4.69) is 4.65 Å². The Bertz CT molecular complexity index is 189. The lowest BCUT2D eigenvalue weighted by atomic mass is 10.2. The van der Waals surface area contributed by atoms with Gasteiger partial charge in [-0.3, -0.25) is 0 Å². The molecule has 1 rings (SSSR count). The Morgan fingerprint density at radius 3 is 2.64 bits per heavy atom. The van der Waals surface area contributed by atoms with Crippen molar-refractivity contribution in [3.63, 3.8) is 0 Å². The Labute approximate surface area is 67.1 Å². The van der Waals surface area contributed by atoms with E-state index in [1.165, 1.54) is 5.56 Å². The molecule has 0 aliphatic heterocycles. The van der Waals surface area contributed by atoms with Gasteiger partial charge in [0.15, 0.2) is 0 Å². The normalized spacial score (nSPS) is 9.55. The molecule has 0 bridgehead atoms. The van der Waals surface area contributed by atoms with Crippen molar-refractivity contribution in [3.8, 4) is 0 Å². The van der Waals surface area contributed by atoms with E-state index in [0.29, 0.717) is 6.61 Å². The molecule has 0 aliphatic carbocycles. The van der Waals surface area contributed by atoms with Gasteiger partial charge in [-0.2, -0.15) is 0 Å². The predicted molar refractivity (Wildman–Crippen MR) is 44.1 cm³/mol. The fraction of sp³-hybridized carbons (Fsp3) is 0.250. The summed E-state index contributed by atoms with van der Waals surface area (Å²) in [5.41, 5.74) is 1.22. The van der Waals surface area contributed by atoms with Crippen molar-refractivity contribution in [1.82, 2.24) is 0 Å². The van der Waals surface area contributed by atoms with E-state index in [0.717, 1.165) is 14.1 Å². The van der Waals surface area contributed by atoms with Crippen LogP contribution in [0.4, 0.5) is 0 Å². The number of rotatable bonds is 4. The maximum atomic E-state index is 8.20. The van der Waals surface area contributed by atoms with Crippen LogP contribution in [0.2, 0.25) is 0 Å². The van der Waals surface area contributed by atoms with Crippen LogP contribution in [0.25, 0.3) is 0 Å². The molecule has 0 aliphatic rings. The van der Waals surface area contributed by atoms with Gasteiger partial charge in [-0.05, 0) is 12.0 Å². The number of benzene rings is 1. The lowest BCUT2D eigenvalue weighted by Gasteiger charge is -1.98. The summed E-state index contributed by atoms with van der Waals surface area (Å²) in [6, 6.07) is 10.00. The molecular formula is C8H10BO2. The standard InChI is InChI=1S/C8H10BO2/c10-9-11-7-6-8-4-2-1-3-5-8/h1-5,10H,6-7H2. The monoisotopic (exact) mass is 149 g/mol. The molecule has 3 heteroatoms. The SMILES string of the molecule is O[B]OCCc1ccccc1. The lowest BCUT2D eigenvalue weighted by Crippen LogP contribution is -2.01. The second-order valence-electron chi connectivity index (χ2n) is 2.21. The van der Waals surface area contributed by atoms with Gasteiger partial charge in [0.05, 0.1) is 0 Å². The lowest BCUT2D eigenvalue weighted by molar-refractivity contribution is 0.288. The summed E-state index contributed by atoms with van der Waals surface area (Å²) < 4.78 is 4.67. The van der Waals surface area contributed by atoms with E-state index in [1.807, 2.05) is 30.3 Å². The van der Waals surface area contributed by atoms with E-state index in [4.69, 9.17) is 5.02 Å². The highest BCUT2D eigenvalue weighted by molar-refractivity contribution is 6.15. The molecular weight excluding hydrogens is 139 g/mol. The van der Waals surface area contributed by atoms with Crippen LogP contribution >= 0.6 is 0 Å². The third-order valence-corrected chi connectivity index (χ3v) is 1.43. The van der Waals surface area contributed by atoms with Crippen LogP contribution in [0, 0.1) is 0 Å². The van der Waals surface area contributed by atoms with Gasteiger partial charge in [0, 0.05) is 6.61 Å². The molecule has 0 spiro atoms. The van der Waals surface area contributed by atoms with Crippen molar-refractivity contribution >= 4 is 7.69 Å². The van der Waals surface area contributed by atoms with Gasteiger partial charge < -0.3 is 9.68 Å². The molecule has 1 N–H and O–H groups in total. The van der Waals surface area contributed by atoms with E-state index in [9.17, 15) is 0 Å². The number of hydrogen-bond donors (Lipinski definition) is 1. The van der Waals surface area contributed by atoms with Crippen LogP contribution in [0.15, 0.2) is 30.3 Å². The van der Waals surface area contributed by atoms with Crippen molar-refractivity contribution in [1.29, 1.82) is 0 Å². The molecule has 0 amide bonds. The quantitative estimate of drug-likeness (QED) is 0.506. The molecule has 0 fully saturated rings. The maximum absolute atomic E-state index is 8.20. The molecule has 57 valence electrons. The van der Waals surface area contributed by atoms with Gasteiger partial charge >= 0.3 is 7.69 Å². The molecule has 0 heterocycles. The summed E-state index contributed by atoms with van der Waals surface area (Å²) in [5.74, 6) is 0. The first-order valence-electron chi connectivity index (χ1n) is 3.55. The molecule has 1 aromatic rings. The van der Waals surface area contributed by atoms with Crippen LogP contribution in [0.3, 0.4) is 0 Å². The first kappa shape index (κ1) is 8.30. The molecule has 0 atom stereocenters. The highest BCUT2D eigenvalue weighted by Crippen LogP contribution is 1.98. The Hall–Kier alpha value is -0.795. The van der Waals surface area contributed by atoms with E-state index in [-0.39, 0.29) is 0 Å². The van der Waals surface area contributed by atoms with Gasteiger partial charge in [-0.1, -0.05) is 30.3 Å². The Morgan fingerprint density at radius 2 is 2.00 bits per heavy atom. The summed E-state index contributed by atoms with van der Waals surface area (Å²) >= 11 is 0. The topological polar surface area (TPSA) is 29.5 Å². The summed E-state index contributed by atoms with van der Waals surface area (Å²) in [6.07, 6.45) is 0.831. The average Bonchev–Trinajstić information content (AvgIpc) is 2.07. The summed E-state index contributed by atoms with van der Waals surface area (Å²) in [6.45, 7) is 0.528. The van der Waals surface area contributed by atoms with Gasteiger partial charge in [0.2, 0.25) is 0 Å². The van der Waals surface area contributed by atoms with E-state index in [1.54, 1.807) is 0 Å². The van der Waals surface area contributed by atoms with Crippen LogP contribution in [0.5, 0.6) is 0 Å². The Morgan fingerprint density at radius 1 is 1.27 bits per heavy atom. The van der Waals surface area contributed by atoms with E-state index < -0.39 is 0 Å². The fourth-order valence-electron chi connectivity index (χ4n) is 0.874. The summed E-state index contributed by atoms with van der Waals surface area (Å²) in [7, 11) is 0.725. The predicted octanol–water partition coefficient (Wildman–Crippen LogP) is 0.772. The zero-order valence-corrected chi connectivity index (χ0v) is 6.23. The van der Waals surface area contributed by atoms with Crippen molar-refractivity contribution in [2.24, 2.45) is 0 Å². The van der Waals surface area contributed by atoms with Gasteiger partial charge in [-0.15, -0.1) is 0 Å². The molecule has 1 aromatic carbocycles. The van der Waals surface area contributed by atoms with Gasteiger partial charge in [-0.25, -0.2) is 0 Å². The highest BCUT2D eigenvalue weighted by Gasteiger charge is 1.90. The first-order chi connectivity index (χ1) is 5.43. The minimum Gasteiger partial charge on any atom is -0.429 e.